The minimum atomic E-state index is -0.453. The number of benzene rings is 7. The zero-order valence-corrected chi connectivity index (χ0v) is 34.3. The number of anilines is 3. The second kappa shape index (κ2) is 14.4. The van der Waals surface area contributed by atoms with E-state index in [1.807, 2.05) is 0 Å². The second-order valence-corrected chi connectivity index (χ2v) is 17.1. The third kappa shape index (κ3) is 5.60. The van der Waals surface area contributed by atoms with Crippen molar-refractivity contribution >= 4 is 28.2 Å². The largest absolute Gasteiger partial charge is 0.310 e. The Morgan fingerprint density at radius 2 is 1.13 bits per heavy atom. The monoisotopic (exact) mass is 769 g/mol. The number of hydrogen-bond acceptors (Lipinski definition) is 1. The highest BCUT2D eigenvalue weighted by Crippen LogP contribution is 2.58. The first-order valence-electron chi connectivity index (χ1n) is 21.5. The van der Waals surface area contributed by atoms with Gasteiger partial charge in [-0.15, -0.1) is 0 Å². The van der Waals surface area contributed by atoms with Gasteiger partial charge in [-0.3, -0.25) is 0 Å². The topological polar surface area (TPSA) is 3.24 Å². The van der Waals surface area contributed by atoms with E-state index in [9.17, 15) is 0 Å². The number of hydrogen-bond donors (Lipinski definition) is 0. The molecule has 0 saturated carbocycles. The van der Waals surface area contributed by atoms with E-state index in [2.05, 4.69) is 231 Å². The normalized spacial score (nSPS) is 16.4. The average molecular weight is 770 g/mol. The van der Waals surface area contributed by atoms with Gasteiger partial charge in [-0.1, -0.05) is 196 Å². The molecule has 0 heterocycles. The van der Waals surface area contributed by atoms with Crippen molar-refractivity contribution in [3.63, 3.8) is 0 Å². The van der Waals surface area contributed by atoms with Gasteiger partial charge >= 0.3 is 0 Å². The molecule has 7 aromatic carbocycles. The first-order chi connectivity index (χ1) is 29.5. The van der Waals surface area contributed by atoms with E-state index < -0.39 is 5.41 Å². The Morgan fingerprint density at radius 3 is 1.92 bits per heavy atom. The predicted molar refractivity (Wildman–Crippen MR) is 253 cm³/mol. The molecule has 0 amide bonds. The number of fused-ring (bicyclic) bond motifs is 5. The third-order valence-electron chi connectivity index (χ3n) is 13.5. The Morgan fingerprint density at radius 1 is 0.483 bits per heavy atom. The molecule has 0 spiro atoms. The van der Waals surface area contributed by atoms with E-state index in [0.717, 1.165) is 30.6 Å². The first-order valence-corrected chi connectivity index (χ1v) is 21.5. The summed E-state index contributed by atoms with van der Waals surface area (Å²) in [6.07, 6.45) is 18.9. The average Bonchev–Trinajstić information content (AvgIpc) is 3.52. The maximum atomic E-state index is 2.52. The molecule has 4 aliphatic carbocycles. The van der Waals surface area contributed by atoms with Crippen molar-refractivity contribution in [2.75, 3.05) is 4.90 Å². The highest BCUT2D eigenvalue weighted by atomic mass is 15.1. The lowest BCUT2D eigenvalue weighted by Crippen LogP contribution is -2.28. The second-order valence-electron chi connectivity index (χ2n) is 17.1. The van der Waals surface area contributed by atoms with Gasteiger partial charge in [0, 0.05) is 22.4 Å². The van der Waals surface area contributed by atoms with Crippen LogP contribution in [0.4, 0.5) is 17.1 Å². The molecular formula is C59H47N. The van der Waals surface area contributed by atoms with Crippen LogP contribution < -0.4 is 4.90 Å². The van der Waals surface area contributed by atoms with Gasteiger partial charge in [0.25, 0.3) is 0 Å². The summed E-state index contributed by atoms with van der Waals surface area (Å²) in [6.45, 7) is 4.81. The maximum absolute atomic E-state index is 2.52. The summed E-state index contributed by atoms with van der Waals surface area (Å²) in [6, 6.07) is 63.8. The molecule has 7 aromatic rings. The van der Waals surface area contributed by atoms with Crippen LogP contribution in [0.25, 0.3) is 33.4 Å². The fraction of sp³-hybridized carbons (Fsp3) is 0.119. The van der Waals surface area contributed by atoms with Crippen LogP contribution in [0, 0.1) is 0 Å². The van der Waals surface area contributed by atoms with Crippen molar-refractivity contribution in [1.29, 1.82) is 0 Å². The molecule has 0 saturated heterocycles. The van der Waals surface area contributed by atoms with Gasteiger partial charge < -0.3 is 4.90 Å². The highest BCUT2D eigenvalue weighted by Gasteiger charge is 2.46. The molecule has 0 atom stereocenters. The van der Waals surface area contributed by atoms with Crippen molar-refractivity contribution < 1.29 is 0 Å². The highest BCUT2D eigenvalue weighted by molar-refractivity contribution is 5.94. The van der Waals surface area contributed by atoms with Crippen LogP contribution in [-0.2, 0) is 10.8 Å². The summed E-state index contributed by atoms with van der Waals surface area (Å²) < 4.78 is 0. The summed E-state index contributed by atoms with van der Waals surface area (Å²) in [5.41, 5.74) is 21.3. The van der Waals surface area contributed by atoms with Crippen LogP contribution in [0.5, 0.6) is 0 Å². The Hall–Kier alpha value is -6.96. The summed E-state index contributed by atoms with van der Waals surface area (Å²) in [4.78, 5) is 2.52. The molecule has 60 heavy (non-hydrogen) atoms. The quantitative estimate of drug-likeness (QED) is 0.156. The van der Waals surface area contributed by atoms with Gasteiger partial charge in [-0.05, 0) is 122 Å². The van der Waals surface area contributed by atoms with Gasteiger partial charge in [-0.25, -0.2) is 0 Å². The van der Waals surface area contributed by atoms with Crippen molar-refractivity contribution in [2.24, 2.45) is 0 Å². The van der Waals surface area contributed by atoms with Crippen LogP contribution in [-0.4, -0.2) is 0 Å². The number of para-hydroxylation sites is 1. The number of allylic oxidation sites excluding steroid dienone is 10. The Kier molecular flexibility index (Phi) is 8.67. The zero-order chi connectivity index (χ0) is 40.3. The van der Waals surface area contributed by atoms with Crippen molar-refractivity contribution in [3.8, 4) is 22.3 Å². The lowest BCUT2D eigenvalue weighted by atomic mass is 9.68. The lowest BCUT2D eigenvalue weighted by Gasteiger charge is -2.34. The van der Waals surface area contributed by atoms with E-state index in [-0.39, 0.29) is 5.41 Å². The van der Waals surface area contributed by atoms with Crippen LogP contribution in [0.3, 0.4) is 0 Å². The summed E-state index contributed by atoms with van der Waals surface area (Å²) >= 11 is 0. The van der Waals surface area contributed by atoms with Gasteiger partial charge in [-0.2, -0.15) is 0 Å². The Bertz CT molecular complexity index is 2910. The van der Waals surface area contributed by atoms with Gasteiger partial charge in [0.1, 0.15) is 0 Å². The molecule has 0 aromatic heterocycles. The van der Waals surface area contributed by atoms with Crippen LogP contribution in [0.15, 0.2) is 218 Å². The minimum Gasteiger partial charge on any atom is -0.310 e. The fourth-order valence-corrected chi connectivity index (χ4v) is 10.7. The van der Waals surface area contributed by atoms with Crippen LogP contribution >= 0.6 is 0 Å². The molecule has 0 radical (unpaired) electrons. The van der Waals surface area contributed by atoms with E-state index in [1.165, 1.54) is 83.6 Å². The van der Waals surface area contributed by atoms with Crippen LogP contribution in [0.1, 0.15) is 72.1 Å². The first kappa shape index (κ1) is 36.1. The predicted octanol–water partition coefficient (Wildman–Crippen LogP) is 15.5. The Labute approximate surface area is 354 Å². The molecule has 288 valence electrons. The molecule has 1 heteroatoms. The minimum absolute atomic E-state index is 0.0862. The molecule has 11 rings (SSSR count). The standard InChI is InChI=1S/C59H47N/c1-58(2)53-28-16-13-26-49(53)51-37-35-47(40-56(51)58)60(57-30-18-15-25-48(57)43-33-31-42(32-34-43)41-19-7-3-4-8-20-41)46-36-38-55-52(39-46)50-27-14-17-29-54(50)59(55,44-21-9-5-10-22-44)45-23-11-6-12-24-45/h3-7,9-12,14-25,27-40H,8,13,26H2,1-2H3. The Balaban J connectivity index is 1.12. The lowest BCUT2D eigenvalue weighted by molar-refractivity contribution is 0.651. The van der Waals surface area contributed by atoms with Crippen molar-refractivity contribution in [2.45, 2.75) is 43.9 Å². The third-order valence-corrected chi connectivity index (χ3v) is 13.5. The molecular weight excluding hydrogens is 723 g/mol. The van der Waals surface area contributed by atoms with E-state index in [0.29, 0.717) is 0 Å². The van der Waals surface area contributed by atoms with Gasteiger partial charge in [0.15, 0.2) is 0 Å². The molecule has 0 fully saturated rings. The summed E-state index contributed by atoms with van der Waals surface area (Å²) in [5.74, 6) is 0. The molecule has 1 nitrogen and oxygen atoms in total. The fourth-order valence-electron chi connectivity index (χ4n) is 10.7. The number of rotatable bonds is 7. The molecule has 0 N–H and O–H groups in total. The smallest absolute Gasteiger partial charge is 0.0713 e. The molecule has 0 unspecified atom stereocenters. The zero-order valence-electron chi connectivity index (χ0n) is 34.3. The molecule has 0 bridgehead atoms. The van der Waals surface area contributed by atoms with E-state index in [4.69, 9.17) is 0 Å². The maximum Gasteiger partial charge on any atom is 0.0713 e. The van der Waals surface area contributed by atoms with E-state index in [1.54, 1.807) is 0 Å². The van der Waals surface area contributed by atoms with Crippen molar-refractivity contribution in [1.82, 2.24) is 0 Å². The van der Waals surface area contributed by atoms with Gasteiger partial charge in [0.2, 0.25) is 0 Å². The molecule has 0 aliphatic heterocycles. The van der Waals surface area contributed by atoms with Crippen molar-refractivity contribution in [3.05, 3.63) is 257 Å². The molecule has 4 aliphatic rings. The summed E-state index contributed by atoms with van der Waals surface area (Å²) in [7, 11) is 0. The van der Waals surface area contributed by atoms with E-state index >= 15 is 0 Å². The summed E-state index contributed by atoms with van der Waals surface area (Å²) in [5, 5.41) is 0. The SMILES string of the molecule is CC1(C)C2=C(CCC=C2)c2ccc(N(c3ccc4c(c3)-c3ccccc3C4(c3ccccc3)c3ccccc3)c3ccccc3-c3ccc(C4=CCC=CC=C4)cc3)cc21. The van der Waals surface area contributed by atoms with Gasteiger partial charge in [0.05, 0.1) is 11.1 Å². The number of nitrogens with zero attached hydrogens (tertiary/aromatic N) is 1. The van der Waals surface area contributed by atoms with Crippen LogP contribution in [0.2, 0.25) is 0 Å².